The van der Waals surface area contributed by atoms with Gasteiger partial charge in [0.2, 0.25) is 0 Å². The van der Waals surface area contributed by atoms with Gasteiger partial charge in [-0.3, -0.25) is 0 Å². The van der Waals surface area contributed by atoms with Crippen LogP contribution in [-0.2, 0) is 71.9 Å². The van der Waals surface area contributed by atoms with Crippen molar-refractivity contribution in [2.45, 2.75) is 0 Å². The van der Waals surface area contributed by atoms with E-state index >= 15 is 0 Å². The zero-order valence-electron chi connectivity index (χ0n) is 13.2. The fourth-order valence-corrected chi connectivity index (χ4v) is 0. The quantitative estimate of drug-likeness (QED) is 0.291. The first-order chi connectivity index (χ1) is 10.8. The van der Waals surface area contributed by atoms with E-state index in [1.807, 2.05) is 0 Å². The zero-order chi connectivity index (χ0) is 21.4. The van der Waals surface area contributed by atoms with Gasteiger partial charge >= 0.3 is 90.4 Å². The summed E-state index contributed by atoms with van der Waals surface area (Å²) >= 11 is 0. The van der Waals surface area contributed by atoms with Crippen LogP contribution in [0, 0.1) is 53.2 Å². The van der Waals surface area contributed by atoms with Crippen molar-refractivity contribution in [2.24, 2.45) is 0 Å². The molecule has 0 saturated heterocycles. The topological polar surface area (TPSA) is 159 Å². The van der Waals surface area contributed by atoms with Crippen molar-refractivity contribution in [3.63, 3.8) is 0 Å². The zero-order valence-corrected chi connectivity index (χ0v) is 18.1. The van der Waals surface area contributed by atoms with Crippen LogP contribution in [0.2, 0.25) is 0 Å². The Labute approximate surface area is 168 Å². The molecule has 0 aliphatic heterocycles. The van der Waals surface area contributed by atoms with E-state index in [2.05, 4.69) is 79.9 Å². The second-order valence-corrected chi connectivity index (χ2v) is 3.46. The Balaban J connectivity index is -0.00000000665. The standard InChI is InChI=1S/2C2H7P.8CO.2Cr/c2*1-3-2;8*1-2;;/h2*3H,1-2H3;;;;;;;;;;/p+2. The molecule has 0 unspecified atom stereocenters. The Hall–Kier alpha value is -0.155. The van der Waals surface area contributed by atoms with E-state index in [0.29, 0.717) is 0 Å². The van der Waals surface area contributed by atoms with Gasteiger partial charge in [-0.1, -0.05) is 0 Å². The minimum atomic E-state index is 0. The largest absolute Gasteiger partial charge is 0 e. The third-order valence-electron chi connectivity index (χ3n) is 0. The summed E-state index contributed by atoms with van der Waals surface area (Å²) in [5.74, 6) is 0. The molecule has 8 nitrogen and oxygen atoms in total. The summed E-state index contributed by atoms with van der Waals surface area (Å²) in [6.45, 7) is 44.8. The van der Waals surface area contributed by atoms with E-state index in [4.69, 9.17) is 37.2 Å². The Morgan fingerprint density at radius 3 is 0.333 bits per heavy atom. The van der Waals surface area contributed by atoms with Crippen LogP contribution < -0.4 is 0 Å². The van der Waals surface area contributed by atoms with Crippen molar-refractivity contribution in [1.82, 2.24) is 0 Å². The van der Waals surface area contributed by atoms with Crippen LogP contribution in [0.5, 0.6) is 0 Å². The molecule has 0 bridgehead atoms. The Morgan fingerprint density at radius 2 is 0.333 bits per heavy atom. The van der Waals surface area contributed by atoms with Crippen LogP contribution in [-0.4, -0.2) is 26.7 Å². The third-order valence-corrected chi connectivity index (χ3v) is 0. The van der Waals surface area contributed by atoms with Crippen molar-refractivity contribution in [3.8, 4) is 0 Å². The SMILES string of the molecule is C[PH2+]C.C[PH2+]C.[C-]#[O+].[C-]#[O+].[C-]#[O+].[C-]#[O+].[C-]#[O+].[C-]#[O+].[C-]#[O+].[C-]#[O+].[Cr].[Cr]. The number of hydrogen-bond acceptors (Lipinski definition) is 0. The molecule has 0 aliphatic rings. The first-order valence-electron chi connectivity index (χ1n) is 3.94. The first-order valence-corrected chi connectivity index (χ1v) is 8.56. The normalized spacial score (nSPS) is 2.17. The van der Waals surface area contributed by atoms with Gasteiger partial charge in [0.05, 0.1) is 0 Å². The molecule has 132 valence electrons. The second kappa shape index (κ2) is 3200. The summed E-state index contributed by atoms with van der Waals surface area (Å²) in [5, 5.41) is 0. The van der Waals surface area contributed by atoms with Crippen molar-refractivity contribution < 1.29 is 71.9 Å². The van der Waals surface area contributed by atoms with E-state index < -0.39 is 0 Å². The minimum absolute atomic E-state index is 0. The molecule has 0 atom stereocenters. The van der Waals surface area contributed by atoms with Crippen LogP contribution >= 0.6 is 17.2 Å². The summed E-state index contributed by atoms with van der Waals surface area (Å²) in [6.07, 6.45) is 0. The maximum Gasteiger partial charge on any atom is 0 e. The molecule has 0 spiro atoms. The summed E-state index contributed by atoms with van der Waals surface area (Å²) in [7, 11) is 1.50. The van der Waals surface area contributed by atoms with Crippen LogP contribution in [0.3, 0.4) is 0 Å². The second-order valence-electron chi connectivity index (χ2n) is 1.15. The van der Waals surface area contributed by atoms with Gasteiger partial charge in [0.15, 0.2) is 0 Å². The molecule has 0 aromatic heterocycles. The van der Waals surface area contributed by atoms with Gasteiger partial charge in [-0.15, -0.1) is 0 Å². The minimum Gasteiger partial charge on any atom is 0 e. The number of rotatable bonds is 0. The first kappa shape index (κ1) is 88.7. The van der Waals surface area contributed by atoms with Gasteiger partial charge < -0.3 is 0 Å². The van der Waals surface area contributed by atoms with Crippen molar-refractivity contribution in [2.75, 3.05) is 26.7 Å². The molecule has 0 fully saturated rings. The van der Waals surface area contributed by atoms with E-state index in [1.54, 1.807) is 0 Å². The molecule has 0 rings (SSSR count). The molecule has 0 aromatic rings. The van der Waals surface area contributed by atoms with Crippen molar-refractivity contribution in [3.05, 3.63) is 53.2 Å². The van der Waals surface area contributed by atoms with Crippen LogP contribution in [0.15, 0.2) is 0 Å². The average molecular weight is 454 g/mol. The molecular weight excluding hydrogens is 438 g/mol. The molecule has 12 heteroatoms. The van der Waals surface area contributed by atoms with Gasteiger partial charge in [-0.2, -0.15) is 0 Å². The summed E-state index contributed by atoms with van der Waals surface area (Å²) in [4.78, 5) is 0. The molecule has 0 N–H and O–H groups in total. The molecule has 0 aromatic carbocycles. The van der Waals surface area contributed by atoms with E-state index in [-0.39, 0.29) is 34.7 Å². The fourth-order valence-electron chi connectivity index (χ4n) is 0. The van der Waals surface area contributed by atoms with Crippen molar-refractivity contribution in [1.29, 1.82) is 0 Å². The fraction of sp³-hybridized carbons (Fsp3) is 0.333. The van der Waals surface area contributed by atoms with E-state index in [9.17, 15) is 0 Å². The van der Waals surface area contributed by atoms with Crippen LogP contribution in [0.25, 0.3) is 0 Å². The Bertz CT molecular complexity index is 171. The van der Waals surface area contributed by atoms with Gasteiger partial charge in [-0.25, -0.2) is 0 Å². The maximum absolute atomic E-state index is 7.50. The van der Waals surface area contributed by atoms with Crippen LogP contribution in [0.1, 0.15) is 0 Å². The molecule has 24 heavy (non-hydrogen) atoms. The molecule has 0 amide bonds. The molecule has 0 aliphatic carbocycles. The van der Waals surface area contributed by atoms with Gasteiger partial charge in [0, 0.05) is 61.4 Å². The molecular formula is C12H16Cr2O8P2+2. The summed E-state index contributed by atoms with van der Waals surface area (Å²) < 4.78 is 60.0. The predicted molar refractivity (Wildman–Crippen MR) is 74.6 cm³/mol. The summed E-state index contributed by atoms with van der Waals surface area (Å²) in [5.41, 5.74) is 0. The van der Waals surface area contributed by atoms with Crippen LogP contribution in [0.4, 0.5) is 0 Å². The average Bonchev–Trinajstić information content (AvgIpc) is 2.69. The molecule has 0 saturated carbocycles. The number of hydrogen-bond donors (Lipinski definition) is 0. The summed E-state index contributed by atoms with van der Waals surface area (Å²) in [6, 6.07) is 0. The van der Waals surface area contributed by atoms with Gasteiger partial charge in [0.25, 0.3) is 0 Å². The monoisotopic (exact) mass is 454 g/mol. The smallest absolute Gasteiger partial charge is 0 e. The molecule has 0 radical (unpaired) electrons. The van der Waals surface area contributed by atoms with Gasteiger partial charge in [-0.05, 0) is 17.2 Å². The predicted octanol–water partition coefficient (Wildman–Crippen LogP) is 1.01. The van der Waals surface area contributed by atoms with Gasteiger partial charge in [0.1, 0.15) is 0 Å². The Morgan fingerprint density at radius 1 is 0.333 bits per heavy atom. The third kappa shape index (κ3) is 395000. The van der Waals surface area contributed by atoms with Crippen molar-refractivity contribution >= 4 is 17.2 Å². The van der Waals surface area contributed by atoms with E-state index in [0.717, 1.165) is 17.2 Å². The Kier molecular flexibility index (Phi) is 11800. The maximum atomic E-state index is 7.50. The molecule has 0 heterocycles. The van der Waals surface area contributed by atoms with E-state index in [1.165, 1.54) is 0 Å².